The zero-order valence-corrected chi connectivity index (χ0v) is 18.4. The Kier molecular flexibility index (Phi) is 8.04. The SMILES string of the molecule is CN=C(NCc1ccc(S(=O)(=O)NC)cc1)NCc1ccc(C)cc1OC(C)C. The van der Waals surface area contributed by atoms with Crippen LogP contribution in [0, 0.1) is 6.92 Å². The lowest BCUT2D eigenvalue weighted by molar-refractivity contribution is 0.239. The van der Waals surface area contributed by atoms with Gasteiger partial charge in [0.1, 0.15) is 5.75 Å². The number of benzene rings is 2. The van der Waals surface area contributed by atoms with Gasteiger partial charge in [-0.05, 0) is 57.1 Å². The second kappa shape index (κ2) is 10.3. The minimum Gasteiger partial charge on any atom is -0.491 e. The first-order chi connectivity index (χ1) is 13.7. The number of hydrogen-bond acceptors (Lipinski definition) is 4. The molecule has 0 aliphatic rings. The smallest absolute Gasteiger partial charge is 0.240 e. The Bertz CT molecular complexity index is 939. The topological polar surface area (TPSA) is 91.8 Å². The quantitative estimate of drug-likeness (QED) is 0.453. The molecule has 0 saturated carbocycles. The molecule has 7 nitrogen and oxygen atoms in total. The second-order valence-corrected chi connectivity index (χ2v) is 8.80. The molecule has 0 fully saturated rings. The number of nitrogens with one attached hydrogen (secondary N) is 3. The van der Waals surface area contributed by atoms with Gasteiger partial charge in [0.2, 0.25) is 10.0 Å². The molecule has 0 aliphatic carbocycles. The summed E-state index contributed by atoms with van der Waals surface area (Å²) in [5.74, 6) is 1.51. The molecule has 0 bridgehead atoms. The molecule has 2 aromatic rings. The molecule has 0 saturated heterocycles. The van der Waals surface area contributed by atoms with Crippen LogP contribution in [0.4, 0.5) is 0 Å². The average molecular weight is 419 g/mol. The number of aliphatic imine (C=N–C) groups is 1. The summed E-state index contributed by atoms with van der Waals surface area (Å²) in [6.07, 6.45) is 0.0997. The van der Waals surface area contributed by atoms with Crippen molar-refractivity contribution in [2.45, 2.75) is 44.9 Å². The van der Waals surface area contributed by atoms with Gasteiger partial charge >= 0.3 is 0 Å². The summed E-state index contributed by atoms with van der Waals surface area (Å²) in [6.45, 7) is 7.14. The first-order valence-corrected chi connectivity index (χ1v) is 11.0. The Morgan fingerprint density at radius 3 is 2.31 bits per heavy atom. The van der Waals surface area contributed by atoms with Crippen molar-refractivity contribution < 1.29 is 13.2 Å². The highest BCUT2D eigenvalue weighted by atomic mass is 32.2. The summed E-state index contributed by atoms with van der Waals surface area (Å²) >= 11 is 0. The summed E-state index contributed by atoms with van der Waals surface area (Å²) in [7, 11) is -0.323. The Morgan fingerprint density at radius 2 is 1.72 bits per heavy atom. The third-order valence-electron chi connectivity index (χ3n) is 4.22. The van der Waals surface area contributed by atoms with E-state index in [4.69, 9.17) is 4.74 Å². The molecule has 0 heterocycles. The molecule has 158 valence electrons. The zero-order valence-electron chi connectivity index (χ0n) is 17.6. The van der Waals surface area contributed by atoms with Gasteiger partial charge in [-0.15, -0.1) is 0 Å². The van der Waals surface area contributed by atoms with E-state index < -0.39 is 10.0 Å². The molecule has 0 spiro atoms. The molecule has 2 rings (SSSR count). The van der Waals surface area contributed by atoms with Crippen molar-refractivity contribution in [2.24, 2.45) is 4.99 Å². The lowest BCUT2D eigenvalue weighted by Crippen LogP contribution is -2.36. The minimum atomic E-state index is -3.42. The van der Waals surface area contributed by atoms with Crippen molar-refractivity contribution >= 4 is 16.0 Å². The van der Waals surface area contributed by atoms with Crippen molar-refractivity contribution in [1.29, 1.82) is 0 Å². The van der Waals surface area contributed by atoms with E-state index in [2.05, 4.69) is 26.4 Å². The van der Waals surface area contributed by atoms with Gasteiger partial charge in [0.15, 0.2) is 5.96 Å². The number of guanidine groups is 1. The molecule has 0 unspecified atom stereocenters. The predicted octanol–water partition coefficient (Wildman–Crippen LogP) is 2.56. The van der Waals surface area contributed by atoms with E-state index in [1.807, 2.05) is 32.9 Å². The maximum absolute atomic E-state index is 11.8. The Morgan fingerprint density at radius 1 is 1.07 bits per heavy atom. The van der Waals surface area contributed by atoms with Gasteiger partial charge in [-0.25, -0.2) is 13.1 Å². The van der Waals surface area contributed by atoms with E-state index in [9.17, 15) is 8.42 Å². The maximum Gasteiger partial charge on any atom is 0.240 e. The highest BCUT2D eigenvalue weighted by Crippen LogP contribution is 2.21. The van der Waals surface area contributed by atoms with Crippen LogP contribution >= 0.6 is 0 Å². The summed E-state index contributed by atoms with van der Waals surface area (Å²) < 4.78 is 31.8. The van der Waals surface area contributed by atoms with E-state index in [0.717, 1.165) is 22.4 Å². The van der Waals surface area contributed by atoms with Crippen LogP contribution in [-0.4, -0.2) is 34.6 Å². The molecule has 2 aromatic carbocycles. The normalized spacial score (nSPS) is 12.1. The third kappa shape index (κ3) is 6.76. The summed E-state index contributed by atoms with van der Waals surface area (Å²) in [5.41, 5.74) is 3.15. The molecule has 0 aromatic heterocycles. The van der Waals surface area contributed by atoms with Crippen LogP contribution in [0.15, 0.2) is 52.4 Å². The monoisotopic (exact) mass is 418 g/mol. The van der Waals surface area contributed by atoms with Gasteiger partial charge in [0.05, 0.1) is 11.0 Å². The maximum atomic E-state index is 11.8. The molecule has 0 amide bonds. The number of aryl methyl sites for hydroxylation is 1. The molecule has 0 atom stereocenters. The molecular weight excluding hydrogens is 388 g/mol. The number of hydrogen-bond donors (Lipinski definition) is 3. The van der Waals surface area contributed by atoms with Gasteiger partial charge in [0.25, 0.3) is 0 Å². The lowest BCUT2D eigenvalue weighted by Gasteiger charge is -2.17. The first kappa shape index (κ1) is 22.7. The van der Waals surface area contributed by atoms with E-state index >= 15 is 0 Å². The van der Waals surface area contributed by atoms with E-state index in [1.165, 1.54) is 7.05 Å². The van der Waals surface area contributed by atoms with E-state index in [-0.39, 0.29) is 11.0 Å². The van der Waals surface area contributed by atoms with E-state index in [0.29, 0.717) is 19.0 Å². The second-order valence-electron chi connectivity index (χ2n) is 6.91. The minimum absolute atomic E-state index is 0.0997. The van der Waals surface area contributed by atoms with Crippen molar-refractivity contribution in [3.8, 4) is 5.75 Å². The van der Waals surface area contributed by atoms with Gasteiger partial charge in [-0.2, -0.15) is 0 Å². The van der Waals surface area contributed by atoms with Crippen LogP contribution in [0.25, 0.3) is 0 Å². The number of sulfonamides is 1. The first-order valence-electron chi connectivity index (χ1n) is 9.48. The molecule has 0 aliphatic heterocycles. The van der Waals surface area contributed by atoms with Gasteiger partial charge in [-0.1, -0.05) is 24.3 Å². The van der Waals surface area contributed by atoms with Crippen molar-refractivity contribution in [2.75, 3.05) is 14.1 Å². The molecule has 3 N–H and O–H groups in total. The Balaban J connectivity index is 1.97. The number of nitrogens with zero attached hydrogens (tertiary/aromatic N) is 1. The van der Waals surface area contributed by atoms with Crippen LogP contribution in [0.2, 0.25) is 0 Å². The summed E-state index contributed by atoms with van der Waals surface area (Å²) in [5, 5.41) is 6.52. The highest BCUT2D eigenvalue weighted by Gasteiger charge is 2.11. The van der Waals surface area contributed by atoms with Crippen LogP contribution in [0.5, 0.6) is 5.75 Å². The predicted molar refractivity (Wildman–Crippen MR) is 117 cm³/mol. The van der Waals surface area contributed by atoms with Crippen molar-refractivity contribution in [3.63, 3.8) is 0 Å². The third-order valence-corrected chi connectivity index (χ3v) is 5.65. The zero-order chi connectivity index (χ0) is 21.4. The van der Waals surface area contributed by atoms with Gasteiger partial charge in [-0.3, -0.25) is 4.99 Å². The van der Waals surface area contributed by atoms with Crippen LogP contribution in [0.1, 0.15) is 30.5 Å². The molecular formula is C21H30N4O3S. The summed E-state index contributed by atoms with van der Waals surface area (Å²) in [6, 6.07) is 12.9. The Labute approximate surface area is 173 Å². The van der Waals surface area contributed by atoms with Crippen molar-refractivity contribution in [3.05, 3.63) is 59.2 Å². The summed E-state index contributed by atoms with van der Waals surface area (Å²) in [4.78, 5) is 4.48. The lowest BCUT2D eigenvalue weighted by atomic mass is 10.1. The van der Waals surface area contributed by atoms with Crippen molar-refractivity contribution in [1.82, 2.24) is 15.4 Å². The Hall–Kier alpha value is -2.58. The number of rotatable bonds is 8. The molecule has 0 radical (unpaired) electrons. The van der Waals surface area contributed by atoms with Gasteiger partial charge < -0.3 is 15.4 Å². The van der Waals surface area contributed by atoms with Crippen LogP contribution in [-0.2, 0) is 23.1 Å². The fraction of sp³-hybridized carbons (Fsp3) is 0.381. The average Bonchev–Trinajstić information content (AvgIpc) is 2.69. The number of ether oxygens (including phenoxy) is 1. The fourth-order valence-corrected chi connectivity index (χ4v) is 3.39. The largest absolute Gasteiger partial charge is 0.491 e. The van der Waals surface area contributed by atoms with Crippen LogP contribution < -0.4 is 20.1 Å². The molecule has 29 heavy (non-hydrogen) atoms. The van der Waals surface area contributed by atoms with E-state index in [1.54, 1.807) is 31.3 Å². The van der Waals surface area contributed by atoms with Gasteiger partial charge in [0, 0.05) is 25.7 Å². The molecule has 8 heteroatoms. The fourth-order valence-electron chi connectivity index (χ4n) is 2.66. The standard InChI is InChI=1S/C21H30N4O3S/c1-15(2)28-20-12-16(3)6-9-18(20)14-25-21(22-4)24-13-17-7-10-19(11-8-17)29(26,27)23-5/h6-12,15,23H,13-14H2,1-5H3,(H2,22,24,25). The highest BCUT2D eigenvalue weighted by molar-refractivity contribution is 7.89. The van der Waals surface area contributed by atoms with Crippen LogP contribution in [0.3, 0.4) is 0 Å².